The molecule has 0 amide bonds. The lowest BCUT2D eigenvalue weighted by molar-refractivity contribution is 0.617. The van der Waals surface area contributed by atoms with Gasteiger partial charge in [-0.25, -0.2) is 4.39 Å². The van der Waals surface area contributed by atoms with Crippen LogP contribution in [-0.4, -0.2) is 4.57 Å². The van der Waals surface area contributed by atoms with Crippen LogP contribution < -0.4 is 11.3 Å². The molecule has 1 aromatic heterocycles. The second-order valence-electron chi connectivity index (χ2n) is 4.58. The molecule has 0 saturated carbocycles. The Morgan fingerprint density at radius 2 is 1.90 bits per heavy atom. The molecular formula is C16H10FN3O. The average Bonchev–Trinajstić information content (AvgIpc) is 2.48. The molecule has 3 aromatic rings. The van der Waals surface area contributed by atoms with Crippen molar-refractivity contribution in [3.8, 4) is 11.8 Å². The van der Waals surface area contributed by atoms with Gasteiger partial charge in [0.15, 0.2) is 0 Å². The number of anilines is 1. The number of nitrogen functional groups attached to an aromatic ring is 1. The lowest BCUT2D eigenvalue weighted by Crippen LogP contribution is -2.22. The Labute approximate surface area is 119 Å². The van der Waals surface area contributed by atoms with E-state index in [1.807, 2.05) is 6.07 Å². The maximum atomic E-state index is 14.1. The Morgan fingerprint density at radius 3 is 2.62 bits per heavy atom. The lowest BCUT2D eigenvalue weighted by atomic mass is 10.1. The number of pyridine rings is 1. The van der Waals surface area contributed by atoms with Crippen molar-refractivity contribution >= 4 is 16.6 Å². The quantitative estimate of drug-likeness (QED) is 0.744. The van der Waals surface area contributed by atoms with Crippen LogP contribution >= 0.6 is 0 Å². The second-order valence-corrected chi connectivity index (χ2v) is 4.58. The molecule has 2 N–H and O–H groups in total. The number of nitriles is 1. The zero-order valence-corrected chi connectivity index (χ0v) is 10.9. The number of rotatable bonds is 1. The summed E-state index contributed by atoms with van der Waals surface area (Å²) in [5.74, 6) is -0.527. The zero-order chi connectivity index (χ0) is 15.0. The number of halogens is 1. The van der Waals surface area contributed by atoms with Gasteiger partial charge in [0.2, 0.25) is 0 Å². The molecule has 0 unspecified atom stereocenters. The van der Waals surface area contributed by atoms with Crippen LogP contribution in [0.15, 0.2) is 53.3 Å². The zero-order valence-electron chi connectivity index (χ0n) is 10.9. The largest absolute Gasteiger partial charge is 0.385 e. The van der Waals surface area contributed by atoms with Crippen molar-refractivity contribution in [1.82, 2.24) is 4.57 Å². The fourth-order valence-electron chi connectivity index (χ4n) is 2.29. The monoisotopic (exact) mass is 279 g/mol. The highest BCUT2D eigenvalue weighted by Crippen LogP contribution is 2.20. The minimum absolute atomic E-state index is 0.0299. The molecule has 0 aliphatic heterocycles. The van der Waals surface area contributed by atoms with Crippen LogP contribution in [-0.2, 0) is 0 Å². The summed E-state index contributed by atoms with van der Waals surface area (Å²) >= 11 is 0. The summed E-state index contributed by atoms with van der Waals surface area (Å²) < 4.78 is 15.2. The Morgan fingerprint density at radius 1 is 1.14 bits per heavy atom. The Hall–Kier alpha value is -3.13. The van der Waals surface area contributed by atoms with Gasteiger partial charge in [0.1, 0.15) is 11.6 Å². The molecule has 2 aromatic carbocycles. The number of hydrogen-bond donors (Lipinski definition) is 1. The fourth-order valence-corrected chi connectivity index (χ4v) is 2.29. The van der Waals surface area contributed by atoms with Gasteiger partial charge in [-0.05, 0) is 35.7 Å². The molecule has 1 heterocycles. The van der Waals surface area contributed by atoms with Gasteiger partial charge in [0.25, 0.3) is 5.56 Å². The summed E-state index contributed by atoms with van der Waals surface area (Å²) in [7, 11) is 0. The Bertz CT molecular complexity index is 954. The standard InChI is InChI=1S/C16H10FN3O/c17-13-7-10(9-18)5-6-14(13)20-15(19)8-11-3-1-2-4-12(11)16(20)21/h1-8H,19H2. The number of fused-ring (bicyclic) bond motifs is 1. The van der Waals surface area contributed by atoms with Crippen LogP contribution in [0.4, 0.5) is 10.2 Å². The van der Waals surface area contributed by atoms with Crippen LogP contribution in [0.25, 0.3) is 16.5 Å². The molecule has 102 valence electrons. The van der Waals surface area contributed by atoms with Crippen molar-refractivity contribution in [1.29, 1.82) is 5.26 Å². The van der Waals surface area contributed by atoms with Crippen LogP contribution in [0, 0.1) is 17.1 Å². The van der Waals surface area contributed by atoms with Gasteiger partial charge in [-0.15, -0.1) is 0 Å². The first-order valence-corrected chi connectivity index (χ1v) is 6.22. The van der Waals surface area contributed by atoms with Crippen LogP contribution in [0.1, 0.15) is 5.56 Å². The van der Waals surface area contributed by atoms with Crippen molar-refractivity contribution in [3.05, 3.63) is 70.3 Å². The number of nitrogens with zero attached hydrogens (tertiary/aromatic N) is 2. The maximum absolute atomic E-state index is 14.1. The summed E-state index contributed by atoms with van der Waals surface area (Å²) in [6.45, 7) is 0. The molecule has 0 fully saturated rings. The van der Waals surface area contributed by atoms with E-state index in [9.17, 15) is 9.18 Å². The molecule has 4 nitrogen and oxygen atoms in total. The van der Waals surface area contributed by atoms with Crippen molar-refractivity contribution in [2.24, 2.45) is 0 Å². The van der Waals surface area contributed by atoms with Crippen molar-refractivity contribution in [2.75, 3.05) is 5.73 Å². The molecule has 21 heavy (non-hydrogen) atoms. The van der Waals surface area contributed by atoms with Crippen LogP contribution in [0.3, 0.4) is 0 Å². The van der Waals surface area contributed by atoms with Gasteiger partial charge in [-0.2, -0.15) is 5.26 Å². The SMILES string of the molecule is N#Cc1ccc(-n2c(N)cc3ccccc3c2=O)c(F)c1. The highest BCUT2D eigenvalue weighted by Gasteiger charge is 2.12. The average molecular weight is 279 g/mol. The molecule has 0 aliphatic rings. The summed E-state index contributed by atoms with van der Waals surface area (Å²) in [4.78, 5) is 12.5. The van der Waals surface area contributed by atoms with E-state index >= 15 is 0 Å². The molecule has 0 aliphatic carbocycles. The normalized spacial score (nSPS) is 10.5. The highest BCUT2D eigenvalue weighted by atomic mass is 19.1. The minimum atomic E-state index is -0.668. The third-order valence-corrected chi connectivity index (χ3v) is 3.27. The predicted octanol–water partition coefficient (Wildman–Crippen LogP) is 2.58. The van der Waals surface area contributed by atoms with Gasteiger partial charge in [-0.1, -0.05) is 18.2 Å². The number of nitrogens with two attached hydrogens (primary N) is 1. The molecule has 3 rings (SSSR count). The molecule has 0 atom stereocenters. The van der Waals surface area contributed by atoms with Gasteiger partial charge < -0.3 is 5.73 Å². The molecule has 0 radical (unpaired) electrons. The van der Waals surface area contributed by atoms with E-state index in [0.29, 0.717) is 10.8 Å². The van der Waals surface area contributed by atoms with Gasteiger partial charge >= 0.3 is 0 Å². The Kier molecular flexibility index (Phi) is 2.92. The maximum Gasteiger partial charge on any atom is 0.264 e. The van der Waals surface area contributed by atoms with Gasteiger partial charge in [-0.3, -0.25) is 9.36 Å². The molecule has 5 heteroatoms. The third kappa shape index (κ3) is 2.03. The van der Waals surface area contributed by atoms with E-state index in [1.165, 1.54) is 12.1 Å². The second kappa shape index (κ2) is 4.76. The molecule has 0 bridgehead atoms. The highest BCUT2D eigenvalue weighted by molar-refractivity contribution is 5.84. The van der Waals surface area contributed by atoms with Crippen LogP contribution in [0.2, 0.25) is 0 Å². The van der Waals surface area contributed by atoms with E-state index in [-0.39, 0.29) is 17.1 Å². The van der Waals surface area contributed by atoms with E-state index in [0.717, 1.165) is 10.6 Å². The van der Waals surface area contributed by atoms with Crippen molar-refractivity contribution in [3.63, 3.8) is 0 Å². The first-order valence-electron chi connectivity index (χ1n) is 6.22. The Balaban J connectivity index is 2.36. The smallest absolute Gasteiger partial charge is 0.264 e. The first-order chi connectivity index (χ1) is 10.1. The topological polar surface area (TPSA) is 71.8 Å². The third-order valence-electron chi connectivity index (χ3n) is 3.27. The van der Waals surface area contributed by atoms with E-state index in [2.05, 4.69) is 0 Å². The van der Waals surface area contributed by atoms with E-state index in [4.69, 9.17) is 11.0 Å². The lowest BCUT2D eigenvalue weighted by Gasteiger charge is -2.12. The fraction of sp³-hybridized carbons (Fsp3) is 0. The summed E-state index contributed by atoms with van der Waals surface area (Å²) in [5.41, 5.74) is 5.71. The number of hydrogen-bond acceptors (Lipinski definition) is 3. The minimum Gasteiger partial charge on any atom is -0.385 e. The van der Waals surface area contributed by atoms with Crippen LogP contribution in [0.5, 0.6) is 0 Å². The first kappa shape index (κ1) is 12.9. The van der Waals surface area contributed by atoms with Crippen molar-refractivity contribution < 1.29 is 4.39 Å². The van der Waals surface area contributed by atoms with Gasteiger partial charge in [0.05, 0.1) is 17.3 Å². The molecular weight excluding hydrogens is 269 g/mol. The molecule has 0 spiro atoms. The predicted molar refractivity (Wildman–Crippen MR) is 78.6 cm³/mol. The molecule has 0 saturated heterocycles. The number of aromatic nitrogens is 1. The van der Waals surface area contributed by atoms with Gasteiger partial charge in [0, 0.05) is 5.39 Å². The van der Waals surface area contributed by atoms with E-state index in [1.54, 1.807) is 30.3 Å². The summed E-state index contributed by atoms with van der Waals surface area (Å²) in [6, 6.07) is 14.3. The summed E-state index contributed by atoms with van der Waals surface area (Å²) in [6.07, 6.45) is 0. The number of benzene rings is 2. The van der Waals surface area contributed by atoms with Crippen molar-refractivity contribution in [2.45, 2.75) is 0 Å². The summed E-state index contributed by atoms with van der Waals surface area (Å²) in [5, 5.41) is 9.92. The van der Waals surface area contributed by atoms with E-state index < -0.39 is 11.4 Å².